The normalized spacial score (nSPS) is 26.5. The molecular formula is C14H23N5O2. The van der Waals surface area contributed by atoms with Crippen LogP contribution < -0.4 is 5.32 Å². The summed E-state index contributed by atoms with van der Waals surface area (Å²) in [7, 11) is 0. The first-order valence-corrected chi connectivity index (χ1v) is 7.81. The fourth-order valence-corrected chi connectivity index (χ4v) is 3.73. The van der Waals surface area contributed by atoms with E-state index in [4.69, 9.17) is 0 Å². The van der Waals surface area contributed by atoms with Gasteiger partial charge in [-0.3, -0.25) is 4.90 Å². The molecule has 2 aliphatic heterocycles. The van der Waals surface area contributed by atoms with Gasteiger partial charge in [0.1, 0.15) is 12.7 Å². The summed E-state index contributed by atoms with van der Waals surface area (Å²) in [6.45, 7) is 5.56. The van der Waals surface area contributed by atoms with Gasteiger partial charge in [-0.05, 0) is 43.7 Å². The smallest absolute Gasteiger partial charge is 0.342 e. The standard InChI is InChI=1S/C14H23N5O2/c1-11-16-10-14(19(20)21)18(11)9-8-17-7-3-5-13(17)12-4-2-6-15-12/h10,12-13,15H,2-9H2,1H3. The van der Waals surface area contributed by atoms with E-state index in [-0.39, 0.29) is 10.7 Å². The lowest BCUT2D eigenvalue weighted by Gasteiger charge is -2.29. The molecule has 0 spiro atoms. The fourth-order valence-electron chi connectivity index (χ4n) is 3.73. The number of nitrogens with one attached hydrogen (secondary N) is 1. The molecule has 0 amide bonds. The van der Waals surface area contributed by atoms with Crippen molar-refractivity contribution in [3.8, 4) is 0 Å². The van der Waals surface area contributed by atoms with E-state index in [1.807, 2.05) is 6.92 Å². The Kier molecular flexibility index (Phi) is 4.21. The van der Waals surface area contributed by atoms with Crippen LogP contribution in [0.2, 0.25) is 0 Å². The quantitative estimate of drug-likeness (QED) is 0.654. The second kappa shape index (κ2) is 6.11. The van der Waals surface area contributed by atoms with Gasteiger partial charge in [-0.1, -0.05) is 0 Å². The van der Waals surface area contributed by atoms with Crippen molar-refractivity contribution >= 4 is 5.82 Å². The van der Waals surface area contributed by atoms with E-state index < -0.39 is 0 Å². The summed E-state index contributed by atoms with van der Waals surface area (Å²) in [4.78, 5) is 17.2. The average Bonchev–Trinajstić information content (AvgIpc) is 3.16. The lowest BCUT2D eigenvalue weighted by atomic mass is 10.0. The molecule has 1 N–H and O–H groups in total. The summed E-state index contributed by atoms with van der Waals surface area (Å²) < 4.78 is 1.72. The van der Waals surface area contributed by atoms with Gasteiger partial charge in [0.25, 0.3) is 0 Å². The average molecular weight is 293 g/mol. The Morgan fingerprint density at radius 3 is 3.00 bits per heavy atom. The summed E-state index contributed by atoms with van der Waals surface area (Å²) in [5, 5.41) is 14.6. The van der Waals surface area contributed by atoms with Crippen LogP contribution in [0.3, 0.4) is 0 Å². The maximum Gasteiger partial charge on any atom is 0.342 e. The molecule has 2 aliphatic rings. The van der Waals surface area contributed by atoms with E-state index in [1.165, 1.54) is 31.9 Å². The van der Waals surface area contributed by atoms with Crippen molar-refractivity contribution in [2.24, 2.45) is 0 Å². The minimum Gasteiger partial charge on any atom is -0.358 e. The fraction of sp³-hybridized carbons (Fsp3) is 0.786. The predicted octanol–water partition coefficient (Wildman–Crippen LogP) is 1.32. The monoisotopic (exact) mass is 293 g/mol. The van der Waals surface area contributed by atoms with Gasteiger partial charge in [0, 0.05) is 25.6 Å². The summed E-state index contributed by atoms with van der Waals surface area (Å²) in [5.74, 6) is 0.818. The van der Waals surface area contributed by atoms with Crippen LogP contribution in [0.15, 0.2) is 6.20 Å². The van der Waals surface area contributed by atoms with E-state index in [9.17, 15) is 10.1 Å². The maximum absolute atomic E-state index is 11.0. The van der Waals surface area contributed by atoms with Crippen molar-refractivity contribution in [3.63, 3.8) is 0 Å². The lowest BCUT2D eigenvalue weighted by molar-refractivity contribution is -0.392. The summed E-state index contributed by atoms with van der Waals surface area (Å²) >= 11 is 0. The molecule has 2 atom stereocenters. The molecule has 0 radical (unpaired) electrons. The Balaban J connectivity index is 1.64. The molecule has 116 valence electrons. The van der Waals surface area contributed by atoms with Gasteiger partial charge in [0.2, 0.25) is 0 Å². The molecular weight excluding hydrogens is 270 g/mol. The molecule has 21 heavy (non-hydrogen) atoms. The number of rotatable bonds is 5. The molecule has 7 heteroatoms. The highest BCUT2D eigenvalue weighted by Crippen LogP contribution is 2.25. The Morgan fingerprint density at radius 2 is 2.29 bits per heavy atom. The largest absolute Gasteiger partial charge is 0.358 e. The van der Waals surface area contributed by atoms with Gasteiger partial charge in [-0.2, -0.15) is 0 Å². The van der Waals surface area contributed by atoms with E-state index in [0.717, 1.165) is 25.5 Å². The third kappa shape index (κ3) is 2.94. The highest BCUT2D eigenvalue weighted by molar-refractivity contribution is 5.18. The van der Waals surface area contributed by atoms with Gasteiger partial charge < -0.3 is 15.4 Å². The molecule has 1 aromatic rings. The predicted molar refractivity (Wildman–Crippen MR) is 79.2 cm³/mol. The summed E-state index contributed by atoms with van der Waals surface area (Å²) in [6.07, 6.45) is 6.35. The molecule has 7 nitrogen and oxygen atoms in total. The second-order valence-corrected chi connectivity index (χ2v) is 6.02. The molecule has 2 unspecified atom stereocenters. The first-order valence-electron chi connectivity index (χ1n) is 7.81. The topological polar surface area (TPSA) is 76.2 Å². The zero-order valence-corrected chi connectivity index (χ0v) is 12.5. The maximum atomic E-state index is 11.0. The lowest BCUT2D eigenvalue weighted by Crippen LogP contribution is -2.44. The molecule has 1 aromatic heterocycles. The Morgan fingerprint density at radius 1 is 1.43 bits per heavy atom. The first kappa shape index (κ1) is 14.5. The number of hydrogen-bond acceptors (Lipinski definition) is 5. The number of imidazole rings is 1. The van der Waals surface area contributed by atoms with Crippen LogP contribution in [0.5, 0.6) is 0 Å². The third-order valence-electron chi connectivity index (χ3n) is 4.81. The SMILES string of the molecule is Cc1ncc([N+](=O)[O-])n1CCN1CCCC1C1CCCN1. The van der Waals surface area contributed by atoms with Crippen molar-refractivity contribution in [2.45, 2.75) is 51.2 Å². The summed E-state index contributed by atoms with van der Waals surface area (Å²) in [5.41, 5.74) is 0. The molecule has 0 bridgehead atoms. The zero-order chi connectivity index (χ0) is 14.8. The van der Waals surface area contributed by atoms with Gasteiger partial charge in [-0.25, -0.2) is 9.55 Å². The van der Waals surface area contributed by atoms with E-state index in [0.29, 0.717) is 18.6 Å². The van der Waals surface area contributed by atoms with E-state index in [2.05, 4.69) is 15.2 Å². The number of nitro groups is 1. The Bertz CT molecular complexity index is 509. The van der Waals surface area contributed by atoms with Gasteiger partial charge in [-0.15, -0.1) is 0 Å². The Hall–Kier alpha value is -1.47. The molecule has 0 aliphatic carbocycles. The van der Waals surface area contributed by atoms with Gasteiger partial charge >= 0.3 is 5.82 Å². The third-order valence-corrected chi connectivity index (χ3v) is 4.81. The highest BCUT2D eigenvalue weighted by atomic mass is 16.6. The highest BCUT2D eigenvalue weighted by Gasteiger charge is 2.33. The van der Waals surface area contributed by atoms with Crippen LogP contribution in [0.25, 0.3) is 0 Å². The van der Waals surface area contributed by atoms with Crippen molar-refractivity contribution < 1.29 is 4.92 Å². The minimum atomic E-state index is -0.347. The van der Waals surface area contributed by atoms with Crippen LogP contribution in [-0.2, 0) is 6.54 Å². The van der Waals surface area contributed by atoms with Crippen molar-refractivity contribution in [3.05, 3.63) is 22.1 Å². The van der Waals surface area contributed by atoms with Crippen molar-refractivity contribution in [2.75, 3.05) is 19.6 Å². The van der Waals surface area contributed by atoms with Crippen LogP contribution in [0.4, 0.5) is 5.82 Å². The minimum absolute atomic E-state index is 0.0993. The second-order valence-electron chi connectivity index (χ2n) is 6.02. The van der Waals surface area contributed by atoms with Gasteiger partial charge in [0.05, 0.1) is 0 Å². The Labute approximate surface area is 124 Å². The van der Waals surface area contributed by atoms with Crippen LogP contribution >= 0.6 is 0 Å². The first-order chi connectivity index (χ1) is 10.2. The number of nitrogens with zero attached hydrogens (tertiary/aromatic N) is 4. The number of likely N-dealkylation sites (tertiary alicyclic amines) is 1. The van der Waals surface area contributed by atoms with Crippen LogP contribution in [0.1, 0.15) is 31.5 Å². The molecule has 0 saturated carbocycles. The van der Waals surface area contributed by atoms with E-state index in [1.54, 1.807) is 4.57 Å². The van der Waals surface area contributed by atoms with E-state index >= 15 is 0 Å². The summed E-state index contributed by atoms with van der Waals surface area (Å²) in [6, 6.07) is 1.20. The van der Waals surface area contributed by atoms with Crippen LogP contribution in [0, 0.1) is 17.0 Å². The van der Waals surface area contributed by atoms with Crippen molar-refractivity contribution in [1.82, 2.24) is 19.8 Å². The molecule has 2 saturated heterocycles. The molecule has 2 fully saturated rings. The van der Waals surface area contributed by atoms with Gasteiger partial charge in [0.15, 0.2) is 5.82 Å². The molecule has 0 aromatic carbocycles. The van der Waals surface area contributed by atoms with Crippen LogP contribution in [-0.4, -0.2) is 51.1 Å². The number of hydrogen-bond donors (Lipinski definition) is 1. The molecule has 3 heterocycles. The zero-order valence-electron chi connectivity index (χ0n) is 12.5. The van der Waals surface area contributed by atoms with Crippen molar-refractivity contribution in [1.29, 1.82) is 0 Å². The molecule has 3 rings (SSSR count). The number of aryl methyl sites for hydroxylation is 1. The number of aromatic nitrogens is 2.